The van der Waals surface area contributed by atoms with Crippen LogP contribution in [0.15, 0.2) is 12.2 Å². The number of hydrogen-bond acceptors (Lipinski definition) is 1. The van der Waals surface area contributed by atoms with Gasteiger partial charge in [0.1, 0.15) is 0 Å². The molecule has 0 saturated carbocycles. The first-order chi connectivity index (χ1) is 8.27. The molecule has 2 heteroatoms. The van der Waals surface area contributed by atoms with Crippen LogP contribution in [0.3, 0.4) is 0 Å². The summed E-state index contributed by atoms with van der Waals surface area (Å²) >= 11 is 0. The molecular formula is C15H28O2. The van der Waals surface area contributed by atoms with E-state index in [1.165, 1.54) is 51.4 Å². The molecule has 0 aromatic heterocycles. The lowest BCUT2D eigenvalue weighted by atomic mass is 10.1. The van der Waals surface area contributed by atoms with Gasteiger partial charge in [0, 0.05) is 6.42 Å². The molecule has 0 atom stereocenters. The Morgan fingerprint density at radius 2 is 1.41 bits per heavy atom. The van der Waals surface area contributed by atoms with Crippen LogP contribution in [0, 0.1) is 0 Å². The van der Waals surface area contributed by atoms with E-state index in [-0.39, 0.29) is 6.42 Å². The molecule has 0 aromatic carbocycles. The topological polar surface area (TPSA) is 37.3 Å². The lowest BCUT2D eigenvalue weighted by Crippen LogP contribution is -1.91. The maximum absolute atomic E-state index is 10.2. The van der Waals surface area contributed by atoms with E-state index in [2.05, 4.69) is 13.0 Å². The average molecular weight is 240 g/mol. The molecule has 0 rings (SSSR count). The van der Waals surface area contributed by atoms with Gasteiger partial charge in [0.15, 0.2) is 0 Å². The summed E-state index contributed by atoms with van der Waals surface area (Å²) in [7, 11) is 0. The molecule has 0 heterocycles. The van der Waals surface area contributed by atoms with Crippen LogP contribution in [0.2, 0.25) is 0 Å². The maximum atomic E-state index is 10.2. The standard InChI is InChI=1S/C15H28O2/c1-2-3-4-5-6-7-8-9-10-11-12-13-14-15(16)17/h11-12H,2-10,13-14H2,1H3,(H,16,17). The van der Waals surface area contributed by atoms with Crippen LogP contribution in [0.4, 0.5) is 0 Å². The first kappa shape index (κ1) is 16.2. The molecule has 0 aliphatic heterocycles. The second kappa shape index (κ2) is 13.3. The molecule has 0 fully saturated rings. The molecule has 17 heavy (non-hydrogen) atoms. The summed E-state index contributed by atoms with van der Waals surface area (Å²) in [5.41, 5.74) is 0. The molecule has 0 unspecified atom stereocenters. The summed E-state index contributed by atoms with van der Waals surface area (Å²) in [5, 5.41) is 8.44. The molecule has 2 nitrogen and oxygen atoms in total. The van der Waals surface area contributed by atoms with E-state index in [0.717, 1.165) is 6.42 Å². The predicted octanol–water partition coefficient (Wildman–Crippen LogP) is 4.94. The van der Waals surface area contributed by atoms with Crippen molar-refractivity contribution in [1.82, 2.24) is 0 Å². The van der Waals surface area contributed by atoms with E-state index in [4.69, 9.17) is 5.11 Å². The molecule has 0 amide bonds. The number of allylic oxidation sites excluding steroid dienone is 2. The molecular weight excluding hydrogens is 212 g/mol. The number of aliphatic carboxylic acids is 1. The van der Waals surface area contributed by atoms with Gasteiger partial charge in [0.2, 0.25) is 0 Å². The van der Waals surface area contributed by atoms with Gasteiger partial charge in [0.05, 0.1) is 0 Å². The number of hydrogen-bond donors (Lipinski definition) is 1. The first-order valence-electron chi connectivity index (χ1n) is 7.14. The zero-order chi connectivity index (χ0) is 12.8. The maximum Gasteiger partial charge on any atom is 0.303 e. The zero-order valence-electron chi connectivity index (χ0n) is 11.3. The van der Waals surface area contributed by atoms with Gasteiger partial charge in [-0.25, -0.2) is 0 Å². The van der Waals surface area contributed by atoms with Crippen LogP contribution in [0.1, 0.15) is 77.6 Å². The van der Waals surface area contributed by atoms with Crippen molar-refractivity contribution in [2.45, 2.75) is 77.6 Å². The lowest BCUT2D eigenvalue weighted by molar-refractivity contribution is -0.136. The van der Waals surface area contributed by atoms with Crippen LogP contribution < -0.4 is 0 Å². The SMILES string of the molecule is CCCCCCCCCCC=CCCC(=O)O. The highest BCUT2D eigenvalue weighted by molar-refractivity contribution is 5.66. The van der Waals surface area contributed by atoms with Crippen molar-refractivity contribution in [3.8, 4) is 0 Å². The van der Waals surface area contributed by atoms with Crippen molar-refractivity contribution in [3.05, 3.63) is 12.2 Å². The van der Waals surface area contributed by atoms with Gasteiger partial charge >= 0.3 is 5.97 Å². The summed E-state index contributed by atoms with van der Waals surface area (Å²) in [4.78, 5) is 10.2. The molecule has 0 spiro atoms. The number of carbonyl (C=O) groups is 1. The monoisotopic (exact) mass is 240 g/mol. The molecule has 0 radical (unpaired) electrons. The third-order valence-electron chi connectivity index (χ3n) is 2.92. The molecule has 0 saturated heterocycles. The molecule has 0 bridgehead atoms. The third-order valence-corrected chi connectivity index (χ3v) is 2.92. The van der Waals surface area contributed by atoms with E-state index in [1.54, 1.807) is 0 Å². The van der Waals surface area contributed by atoms with Crippen molar-refractivity contribution in [1.29, 1.82) is 0 Å². The molecule has 0 aromatic rings. The Hall–Kier alpha value is -0.790. The fourth-order valence-electron chi connectivity index (χ4n) is 1.84. The summed E-state index contributed by atoms with van der Waals surface area (Å²) < 4.78 is 0. The minimum Gasteiger partial charge on any atom is -0.481 e. The normalized spacial score (nSPS) is 11.1. The fraction of sp³-hybridized carbons (Fsp3) is 0.800. The van der Waals surface area contributed by atoms with Gasteiger partial charge in [-0.1, -0.05) is 64.0 Å². The quantitative estimate of drug-likeness (QED) is 0.387. The Morgan fingerprint density at radius 3 is 2.00 bits per heavy atom. The van der Waals surface area contributed by atoms with Crippen molar-refractivity contribution < 1.29 is 9.90 Å². The van der Waals surface area contributed by atoms with Gasteiger partial charge in [-0.2, -0.15) is 0 Å². The number of carboxylic acids is 1. The minimum absolute atomic E-state index is 0.258. The Bertz CT molecular complexity index is 197. The highest BCUT2D eigenvalue weighted by Gasteiger charge is 1.92. The van der Waals surface area contributed by atoms with Crippen LogP contribution >= 0.6 is 0 Å². The largest absolute Gasteiger partial charge is 0.481 e. The second-order valence-electron chi connectivity index (χ2n) is 4.67. The van der Waals surface area contributed by atoms with E-state index in [0.29, 0.717) is 6.42 Å². The smallest absolute Gasteiger partial charge is 0.303 e. The van der Waals surface area contributed by atoms with Gasteiger partial charge in [-0.05, 0) is 19.3 Å². The zero-order valence-corrected chi connectivity index (χ0v) is 11.3. The van der Waals surface area contributed by atoms with Crippen molar-refractivity contribution in [2.24, 2.45) is 0 Å². The summed E-state index contributed by atoms with van der Waals surface area (Å²) in [6.45, 7) is 2.25. The van der Waals surface area contributed by atoms with Gasteiger partial charge in [0.25, 0.3) is 0 Å². The average Bonchev–Trinajstić information content (AvgIpc) is 2.30. The highest BCUT2D eigenvalue weighted by Crippen LogP contribution is 2.09. The second-order valence-corrected chi connectivity index (χ2v) is 4.67. The van der Waals surface area contributed by atoms with E-state index < -0.39 is 5.97 Å². The number of unbranched alkanes of at least 4 members (excludes halogenated alkanes) is 8. The number of rotatable bonds is 12. The Labute approximate surface area is 106 Å². The third kappa shape index (κ3) is 15.2. The number of carboxylic acid groups (broad SMARTS) is 1. The first-order valence-corrected chi connectivity index (χ1v) is 7.14. The van der Waals surface area contributed by atoms with E-state index in [1.807, 2.05) is 6.08 Å². The van der Waals surface area contributed by atoms with Crippen molar-refractivity contribution in [3.63, 3.8) is 0 Å². The summed E-state index contributed by atoms with van der Waals surface area (Å²) in [6.07, 6.45) is 16.9. The lowest BCUT2D eigenvalue weighted by Gasteiger charge is -1.99. The van der Waals surface area contributed by atoms with Gasteiger partial charge in [-0.15, -0.1) is 0 Å². The fourth-order valence-corrected chi connectivity index (χ4v) is 1.84. The van der Waals surface area contributed by atoms with Crippen LogP contribution in [0.5, 0.6) is 0 Å². The van der Waals surface area contributed by atoms with Crippen molar-refractivity contribution in [2.75, 3.05) is 0 Å². The summed E-state index contributed by atoms with van der Waals surface area (Å²) in [6, 6.07) is 0. The minimum atomic E-state index is -0.707. The molecule has 0 aliphatic carbocycles. The van der Waals surface area contributed by atoms with Crippen LogP contribution in [-0.4, -0.2) is 11.1 Å². The van der Waals surface area contributed by atoms with Crippen LogP contribution in [0.25, 0.3) is 0 Å². The summed E-state index contributed by atoms with van der Waals surface area (Å²) in [5.74, 6) is -0.707. The Balaban J connectivity index is 3.05. The molecule has 0 aliphatic rings. The van der Waals surface area contributed by atoms with Crippen LogP contribution in [-0.2, 0) is 4.79 Å². The van der Waals surface area contributed by atoms with Gasteiger partial charge < -0.3 is 5.11 Å². The van der Waals surface area contributed by atoms with E-state index >= 15 is 0 Å². The molecule has 100 valence electrons. The van der Waals surface area contributed by atoms with E-state index in [9.17, 15) is 4.79 Å². The predicted molar refractivity (Wildman–Crippen MR) is 73.2 cm³/mol. The highest BCUT2D eigenvalue weighted by atomic mass is 16.4. The Kier molecular flexibility index (Phi) is 12.7. The van der Waals surface area contributed by atoms with Gasteiger partial charge in [-0.3, -0.25) is 4.79 Å². The van der Waals surface area contributed by atoms with Crippen molar-refractivity contribution >= 4 is 5.97 Å². The molecule has 1 N–H and O–H groups in total. The Morgan fingerprint density at radius 1 is 0.882 bits per heavy atom.